The van der Waals surface area contributed by atoms with Gasteiger partial charge in [-0.15, -0.1) is 11.8 Å². The summed E-state index contributed by atoms with van der Waals surface area (Å²) in [6.07, 6.45) is 2.33. The molecule has 0 unspecified atom stereocenters. The Kier molecular flexibility index (Phi) is 4.02. The number of nitro groups is 1. The molecule has 5 heteroatoms. The Bertz CT molecular complexity index is 417. The molecule has 1 fully saturated rings. The molecule has 1 aromatic carbocycles. The summed E-state index contributed by atoms with van der Waals surface area (Å²) in [4.78, 5) is 11.5. The first-order valence-corrected chi connectivity index (χ1v) is 6.67. The van der Waals surface area contributed by atoms with Crippen molar-refractivity contribution in [3.63, 3.8) is 0 Å². The van der Waals surface area contributed by atoms with Crippen LogP contribution in [0.15, 0.2) is 23.1 Å². The van der Waals surface area contributed by atoms with E-state index in [1.807, 2.05) is 23.9 Å². The molecule has 1 saturated heterocycles. The van der Waals surface area contributed by atoms with Crippen LogP contribution in [0, 0.1) is 17.0 Å². The molecule has 4 nitrogen and oxygen atoms in total. The normalized spacial score (nSPS) is 17.0. The number of benzene rings is 1. The lowest BCUT2D eigenvalue weighted by atomic mass is 10.2. The van der Waals surface area contributed by atoms with Gasteiger partial charge >= 0.3 is 0 Å². The largest absolute Gasteiger partial charge is 0.317 e. The van der Waals surface area contributed by atoms with Crippen molar-refractivity contribution in [2.24, 2.45) is 0 Å². The van der Waals surface area contributed by atoms with Crippen molar-refractivity contribution in [3.8, 4) is 0 Å². The fourth-order valence-electron chi connectivity index (χ4n) is 2.01. The summed E-state index contributed by atoms with van der Waals surface area (Å²) >= 11 is 1.84. The third kappa shape index (κ3) is 3.20. The van der Waals surface area contributed by atoms with E-state index in [0.29, 0.717) is 5.25 Å². The van der Waals surface area contributed by atoms with Gasteiger partial charge in [0, 0.05) is 21.8 Å². The molecule has 1 aliphatic heterocycles. The van der Waals surface area contributed by atoms with Crippen LogP contribution in [-0.4, -0.2) is 23.3 Å². The number of piperidine rings is 1. The minimum absolute atomic E-state index is 0.208. The number of thioether (sulfide) groups is 1. The smallest absolute Gasteiger partial charge is 0.272 e. The quantitative estimate of drug-likeness (QED) is 0.664. The maximum Gasteiger partial charge on any atom is 0.272 e. The van der Waals surface area contributed by atoms with Gasteiger partial charge in [-0.3, -0.25) is 10.1 Å². The second-order valence-electron chi connectivity index (χ2n) is 4.27. The molecule has 1 heterocycles. The van der Waals surface area contributed by atoms with Crippen molar-refractivity contribution in [1.29, 1.82) is 0 Å². The van der Waals surface area contributed by atoms with Gasteiger partial charge in [0.1, 0.15) is 0 Å². The summed E-state index contributed by atoms with van der Waals surface area (Å²) in [5, 5.41) is 14.7. The van der Waals surface area contributed by atoms with Gasteiger partial charge in [-0.2, -0.15) is 0 Å². The van der Waals surface area contributed by atoms with Crippen molar-refractivity contribution in [2.75, 3.05) is 13.1 Å². The molecule has 0 aliphatic carbocycles. The predicted octanol–water partition coefficient (Wildman–Crippen LogP) is 2.75. The number of nitrogens with one attached hydrogen (secondary N) is 1. The highest BCUT2D eigenvalue weighted by atomic mass is 32.2. The molecule has 0 bridgehead atoms. The molecule has 1 aromatic rings. The highest BCUT2D eigenvalue weighted by molar-refractivity contribution is 8.00. The molecule has 17 heavy (non-hydrogen) atoms. The van der Waals surface area contributed by atoms with E-state index in [-0.39, 0.29) is 10.6 Å². The lowest BCUT2D eigenvalue weighted by Gasteiger charge is -2.22. The molecule has 0 atom stereocenters. The number of aryl methyl sites for hydroxylation is 1. The van der Waals surface area contributed by atoms with Gasteiger partial charge < -0.3 is 5.32 Å². The maximum atomic E-state index is 10.7. The lowest BCUT2D eigenvalue weighted by molar-refractivity contribution is -0.385. The second kappa shape index (κ2) is 5.51. The average Bonchev–Trinajstić information content (AvgIpc) is 2.30. The van der Waals surface area contributed by atoms with Gasteiger partial charge in [0.2, 0.25) is 0 Å². The molecule has 0 saturated carbocycles. The SMILES string of the molecule is Cc1cc(SC2CCNCC2)ccc1[N+](=O)[O-]. The summed E-state index contributed by atoms with van der Waals surface area (Å²) in [6, 6.07) is 5.39. The van der Waals surface area contributed by atoms with Gasteiger partial charge in [-0.1, -0.05) is 0 Å². The molecular weight excluding hydrogens is 236 g/mol. The highest BCUT2D eigenvalue weighted by Gasteiger charge is 2.16. The number of hydrogen-bond donors (Lipinski definition) is 1. The molecular formula is C12H16N2O2S. The van der Waals surface area contributed by atoms with Gasteiger partial charge in [-0.05, 0) is 45.0 Å². The third-order valence-electron chi connectivity index (χ3n) is 2.95. The first-order chi connectivity index (χ1) is 8.16. The molecule has 92 valence electrons. The van der Waals surface area contributed by atoms with Crippen LogP contribution in [0.25, 0.3) is 0 Å². The average molecular weight is 252 g/mol. The topological polar surface area (TPSA) is 55.2 Å². The first-order valence-electron chi connectivity index (χ1n) is 5.79. The Morgan fingerprint density at radius 1 is 1.41 bits per heavy atom. The zero-order valence-corrected chi connectivity index (χ0v) is 10.6. The van der Waals surface area contributed by atoms with Crippen molar-refractivity contribution in [3.05, 3.63) is 33.9 Å². The van der Waals surface area contributed by atoms with E-state index >= 15 is 0 Å². The third-order valence-corrected chi connectivity index (χ3v) is 4.28. The Labute approximate surface area is 105 Å². The van der Waals surface area contributed by atoms with Gasteiger partial charge in [0.25, 0.3) is 5.69 Å². The van der Waals surface area contributed by atoms with Crippen LogP contribution in [0.3, 0.4) is 0 Å². The molecule has 2 rings (SSSR count). The highest BCUT2D eigenvalue weighted by Crippen LogP contribution is 2.31. The van der Waals surface area contributed by atoms with Gasteiger partial charge in [0.05, 0.1) is 4.92 Å². The van der Waals surface area contributed by atoms with Crippen LogP contribution < -0.4 is 5.32 Å². The molecule has 0 amide bonds. The first kappa shape index (κ1) is 12.4. The lowest BCUT2D eigenvalue weighted by Crippen LogP contribution is -2.29. The standard InChI is InChI=1S/C12H16N2O2S/c1-9-8-11(2-3-12(9)14(15)16)17-10-4-6-13-7-5-10/h2-3,8,10,13H,4-7H2,1H3. The second-order valence-corrected chi connectivity index (χ2v) is 5.65. The predicted molar refractivity (Wildman–Crippen MR) is 69.6 cm³/mol. The van der Waals surface area contributed by atoms with E-state index in [1.54, 1.807) is 13.0 Å². The number of hydrogen-bond acceptors (Lipinski definition) is 4. The maximum absolute atomic E-state index is 10.7. The van der Waals surface area contributed by atoms with E-state index in [4.69, 9.17) is 0 Å². The molecule has 0 aromatic heterocycles. The van der Waals surface area contributed by atoms with Crippen molar-refractivity contribution in [1.82, 2.24) is 5.32 Å². The number of nitro benzene ring substituents is 1. The summed E-state index contributed by atoms with van der Waals surface area (Å²) in [5.74, 6) is 0. The zero-order valence-electron chi connectivity index (χ0n) is 9.81. The number of nitrogens with zero attached hydrogens (tertiary/aromatic N) is 1. The van der Waals surface area contributed by atoms with Crippen molar-refractivity contribution >= 4 is 17.4 Å². The van der Waals surface area contributed by atoms with E-state index < -0.39 is 0 Å². The summed E-state index contributed by atoms with van der Waals surface area (Å²) < 4.78 is 0. The molecule has 0 spiro atoms. The Morgan fingerprint density at radius 3 is 2.71 bits per heavy atom. The Morgan fingerprint density at radius 2 is 2.12 bits per heavy atom. The van der Waals surface area contributed by atoms with Crippen LogP contribution in [0.4, 0.5) is 5.69 Å². The number of rotatable bonds is 3. The summed E-state index contributed by atoms with van der Waals surface area (Å²) in [7, 11) is 0. The molecule has 1 aliphatic rings. The fraction of sp³-hybridized carbons (Fsp3) is 0.500. The van der Waals surface area contributed by atoms with E-state index in [9.17, 15) is 10.1 Å². The van der Waals surface area contributed by atoms with Crippen LogP contribution >= 0.6 is 11.8 Å². The van der Waals surface area contributed by atoms with E-state index in [1.165, 1.54) is 12.8 Å². The van der Waals surface area contributed by atoms with Crippen LogP contribution in [0.5, 0.6) is 0 Å². The zero-order chi connectivity index (χ0) is 12.3. The summed E-state index contributed by atoms with van der Waals surface area (Å²) in [6.45, 7) is 3.94. The Hall–Kier alpha value is -1.07. The minimum atomic E-state index is -0.325. The monoisotopic (exact) mass is 252 g/mol. The summed E-state index contributed by atoms with van der Waals surface area (Å²) in [5.41, 5.74) is 0.952. The molecule has 1 N–H and O–H groups in total. The van der Waals surface area contributed by atoms with Gasteiger partial charge in [0.15, 0.2) is 0 Å². The minimum Gasteiger partial charge on any atom is -0.317 e. The van der Waals surface area contributed by atoms with E-state index in [2.05, 4.69) is 5.32 Å². The van der Waals surface area contributed by atoms with E-state index in [0.717, 1.165) is 23.5 Å². The van der Waals surface area contributed by atoms with Gasteiger partial charge in [-0.25, -0.2) is 0 Å². The van der Waals surface area contributed by atoms with Crippen LogP contribution in [0.1, 0.15) is 18.4 Å². The van der Waals surface area contributed by atoms with Crippen molar-refractivity contribution in [2.45, 2.75) is 29.9 Å². The van der Waals surface area contributed by atoms with Crippen LogP contribution in [0.2, 0.25) is 0 Å². The van der Waals surface area contributed by atoms with Crippen molar-refractivity contribution < 1.29 is 4.92 Å². The van der Waals surface area contributed by atoms with Crippen LogP contribution in [-0.2, 0) is 0 Å². The fourth-order valence-corrected chi connectivity index (χ4v) is 3.26. The molecule has 0 radical (unpaired) electrons. The Balaban J connectivity index is 2.06.